The molecule has 80 valence electrons. The summed E-state index contributed by atoms with van der Waals surface area (Å²) in [5.41, 5.74) is 2.97. The summed E-state index contributed by atoms with van der Waals surface area (Å²) in [6, 6.07) is 6.10. The Hall–Kier alpha value is -1.73. The summed E-state index contributed by atoms with van der Waals surface area (Å²) in [5, 5.41) is 11.4. The fourth-order valence-electron chi connectivity index (χ4n) is 1.49. The second-order valence-corrected chi connectivity index (χ2v) is 4.20. The molecule has 0 aliphatic heterocycles. The quantitative estimate of drug-likeness (QED) is 0.813. The van der Waals surface area contributed by atoms with E-state index < -0.39 is 0 Å². The minimum absolute atomic E-state index is 0.366. The average molecular weight is 229 g/mol. The van der Waals surface area contributed by atoms with Gasteiger partial charge in [-0.1, -0.05) is 13.0 Å². The van der Waals surface area contributed by atoms with Crippen molar-refractivity contribution in [1.29, 1.82) is 5.26 Å². The van der Waals surface area contributed by atoms with Crippen molar-refractivity contribution in [2.45, 2.75) is 19.8 Å². The molecule has 0 saturated heterocycles. The summed E-state index contributed by atoms with van der Waals surface area (Å²) in [7, 11) is 0. The van der Waals surface area contributed by atoms with Crippen molar-refractivity contribution in [1.82, 2.24) is 9.97 Å². The maximum absolute atomic E-state index is 8.60. The van der Waals surface area contributed by atoms with Crippen LogP contribution in [0.3, 0.4) is 0 Å². The molecule has 0 radical (unpaired) electrons. The van der Waals surface area contributed by atoms with E-state index in [9.17, 15) is 0 Å². The van der Waals surface area contributed by atoms with E-state index in [4.69, 9.17) is 5.26 Å². The largest absolute Gasteiger partial charge is 0.253 e. The van der Waals surface area contributed by atoms with Crippen LogP contribution < -0.4 is 0 Å². The Bertz CT molecular complexity index is 525. The van der Waals surface area contributed by atoms with Gasteiger partial charge in [0.25, 0.3) is 0 Å². The zero-order chi connectivity index (χ0) is 11.4. The predicted octanol–water partition coefficient (Wildman–Crippen LogP) is 2.83. The molecule has 2 heterocycles. The molecule has 0 saturated carbocycles. The number of aromatic nitrogens is 2. The van der Waals surface area contributed by atoms with Gasteiger partial charge < -0.3 is 0 Å². The summed E-state index contributed by atoms with van der Waals surface area (Å²) in [6.45, 7) is 2.10. The summed E-state index contributed by atoms with van der Waals surface area (Å²) in [5.74, 6) is 0. The first-order valence-electron chi connectivity index (χ1n) is 5.10. The van der Waals surface area contributed by atoms with Crippen LogP contribution in [-0.2, 0) is 12.8 Å². The standard InChI is InChI=1S/C12H11N3S/c1-2-9-4-3-7-14-11(9)12-15-10(5-6-13)8-16-12/h3-4,7-8H,2,5H2,1H3. The van der Waals surface area contributed by atoms with Crippen LogP contribution in [0.1, 0.15) is 18.2 Å². The number of rotatable bonds is 3. The molecule has 0 aliphatic carbocycles. The normalized spacial score (nSPS) is 10.0. The van der Waals surface area contributed by atoms with Crippen LogP contribution in [-0.4, -0.2) is 9.97 Å². The molecule has 0 atom stereocenters. The van der Waals surface area contributed by atoms with Crippen molar-refractivity contribution in [2.24, 2.45) is 0 Å². The van der Waals surface area contributed by atoms with Gasteiger partial charge in [0.15, 0.2) is 0 Å². The van der Waals surface area contributed by atoms with Crippen LogP contribution in [0.2, 0.25) is 0 Å². The molecule has 0 N–H and O–H groups in total. The molecule has 0 amide bonds. The summed E-state index contributed by atoms with van der Waals surface area (Å²) in [4.78, 5) is 8.77. The highest BCUT2D eigenvalue weighted by molar-refractivity contribution is 7.13. The Morgan fingerprint density at radius 3 is 3.12 bits per heavy atom. The number of nitrogens with zero attached hydrogens (tertiary/aromatic N) is 3. The number of pyridine rings is 1. The molecule has 0 aliphatic rings. The number of nitriles is 1. The van der Waals surface area contributed by atoms with Crippen molar-refractivity contribution in [3.05, 3.63) is 35.0 Å². The Morgan fingerprint density at radius 2 is 2.38 bits per heavy atom. The van der Waals surface area contributed by atoms with E-state index in [0.717, 1.165) is 22.8 Å². The molecule has 2 aromatic rings. The topological polar surface area (TPSA) is 49.6 Å². The number of hydrogen-bond acceptors (Lipinski definition) is 4. The fraction of sp³-hybridized carbons (Fsp3) is 0.250. The van der Waals surface area contributed by atoms with Gasteiger partial charge in [0.1, 0.15) is 10.7 Å². The van der Waals surface area contributed by atoms with E-state index in [0.29, 0.717) is 6.42 Å². The van der Waals surface area contributed by atoms with Gasteiger partial charge >= 0.3 is 0 Å². The molecule has 0 fully saturated rings. The summed E-state index contributed by atoms with van der Waals surface area (Å²) >= 11 is 1.55. The van der Waals surface area contributed by atoms with Gasteiger partial charge in [0, 0.05) is 11.6 Å². The SMILES string of the molecule is CCc1cccnc1-c1nc(CC#N)cs1. The van der Waals surface area contributed by atoms with Crippen LogP contribution in [0.15, 0.2) is 23.7 Å². The smallest absolute Gasteiger partial charge is 0.142 e. The van der Waals surface area contributed by atoms with Crippen molar-refractivity contribution in [3.63, 3.8) is 0 Å². The Labute approximate surface area is 98.4 Å². The van der Waals surface area contributed by atoms with Gasteiger partial charge in [-0.15, -0.1) is 11.3 Å². The Morgan fingerprint density at radius 1 is 1.50 bits per heavy atom. The van der Waals surface area contributed by atoms with Gasteiger partial charge in [0.05, 0.1) is 18.2 Å². The minimum atomic E-state index is 0.366. The van der Waals surface area contributed by atoms with Crippen LogP contribution >= 0.6 is 11.3 Å². The van der Waals surface area contributed by atoms with Crippen LogP contribution in [0, 0.1) is 11.3 Å². The van der Waals surface area contributed by atoms with Gasteiger partial charge in [0.2, 0.25) is 0 Å². The van der Waals surface area contributed by atoms with E-state index in [-0.39, 0.29) is 0 Å². The first-order chi connectivity index (χ1) is 7.85. The van der Waals surface area contributed by atoms with E-state index in [1.807, 2.05) is 11.4 Å². The highest BCUT2D eigenvalue weighted by Crippen LogP contribution is 2.25. The highest BCUT2D eigenvalue weighted by atomic mass is 32.1. The molecule has 0 unspecified atom stereocenters. The molecular weight excluding hydrogens is 218 g/mol. The van der Waals surface area contributed by atoms with E-state index in [2.05, 4.69) is 29.0 Å². The molecule has 2 rings (SSSR count). The maximum atomic E-state index is 8.60. The first-order valence-corrected chi connectivity index (χ1v) is 5.98. The van der Waals surface area contributed by atoms with Crippen molar-refractivity contribution >= 4 is 11.3 Å². The lowest BCUT2D eigenvalue weighted by Crippen LogP contribution is -1.91. The zero-order valence-electron chi connectivity index (χ0n) is 8.97. The fourth-order valence-corrected chi connectivity index (χ4v) is 2.34. The van der Waals surface area contributed by atoms with Crippen LogP contribution in [0.4, 0.5) is 0 Å². The van der Waals surface area contributed by atoms with Crippen molar-refractivity contribution < 1.29 is 0 Å². The lowest BCUT2D eigenvalue weighted by atomic mass is 10.1. The summed E-state index contributed by atoms with van der Waals surface area (Å²) in [6.07, 6.45) is 3.08. The third kappa shape index (κ3) is 2.10. The Balaban J connectivity index is 2.39. The molecule has 3 nitrogen and oxygen atoms in total. The molecule has 2 aromatic heterocycles. The zero-order valence-corrected chi connectivity index (χ0v) is 9.79. The number of thiazole rings is 1. The average Bonchev–Trinajstić information content (AvgIpc) is 2.78. The molecule has 4 heteroatoms. The molecule has 0 bridgehead atoms. The Kier molecular flexibility index (Phi) is 3.28. The van der Waals surface area contributed by atoms with E-state index >= 15 is 0 Å². The molecule has 0 aromatic carbocycles. The summed E-state index contributed by atoms with van der Waals surface area (Å²) < 4.78 is 0. The van der Waals surface area contributed by atoms with E-state index in [1.165, 1.54) is 5.56 Å². The van der Waals surface area contributed by atoms with Gasteiger partial charge in [-0.25, -0.2) is 4.98 Å². The lowest BCUT2D eigenvalue weighted by Gasteiger charge is -2.01. The molecular formula is C12H11N3S. The van der Waals surface area contributed by atoms with Gasteiger partial charge in [-0.3, -0.25) is 4.98 Å². The second-order valence-electron chi connectivity index (χ2n) is 3.34. The van der Waals surface area contributed by atoms with Crippen LogP contribution in [0.25, 0.3) is 10.7 Å². The minimum Gasteiger partial charge on any atom is -0.253 e. The first kappa shape index (κ1) is 10.8. The maximum Gasteiger partial charge on any atom is 0.142 e. The lowest BCUT2D eigenvalue weighted by molar-refractivity contribution is 1.09. The third-order valence-electron chi connectivity index (χ3n) is 2.29. The van der Waals surface area contributed by atoms with Gasteiger partial charge in [-0.2, -0.15) is 5.26 Å². The van der Waals surface area contributed by atoms with Gasteiger partial charge in [-0.05, 0) is 18.1 Å². The van der Waals surface area contributed by atoms with Crippen molar-refractivity contribution in [3.8, 4) is 16.8 Å². The van der Waals surface area contributed by atoms with E-state index in [1.54, 1.807) is 17.5 Å². The monoisotopic (exact) mass is 229 g/mol. The predicted molar refractivity (Wildman–Crippen MR) is 64.0 cm³/mol. The number of aryl methyl sites for hydroxylation is 1. The third-order valence-corrected chi connectivity index (χ3v) is 3.18. The van der Waals surface area contributed by atoms with Crippen LogP contribution in [0.5, 0.6) is 0 Å². The number of hydrogen-bond donors (Lipinski definition) is 0. The molecule has 16 heavy (non-hydrogen) atoms. The second kappa shape index (κ2) is 4.86. The van der Waals surface area contributed by atoms with Crippen molar-refractivity contribution in [2.75, 3.05) is 0 Å². The molecule has 0 spiro atoms. The highest BCUT2D eigenvalue weighted by Gasteiger charge is 2.09.